The third kappa shape index (κ3) is 3.08. The fourth-order valence-electron chi connectivity index (χ4n) is 8.87. The second-order valence-corrected chi connectivity index (χ2v) is 20.2. The van der Waals surface area contributed by atoms with E-state index in [0.29, 0.717) is 8.45 Å². The Morgan fingerprint density at radius 2 is 0.921 bits per heavy atom. The van der Waals surface area contributed by atoms with E-state index in [9.17, 15) is 0 Å². The van der Waals surface area contributed by atoms with Gasteiger partial charge in [0.2, 0.25) is 0 Å². The SMILES string of the molecule is CC1=C2c3c(-c4ccccc4)cccc3[CH]1[Ti]([CH3])([CH3])[CH]1C(C)=C(c3c(-c4ccccc4)cccc31)C2(C)C. The number of hydrogen-bond acceptors (Lipinski definition) is 0. The summed E-state index contributed by atoms with van der Waals surface area (Å²) in [7, 11) is 0. The number of allylic oxidation sites excluding steroid dienone is 4. The molecule has 2 unspecified atom stereocenters. The van der Waals surface area contributed by atoms with Gasteiger partial charge in [0.05, 0.1) is 0 Å². The Labute approximate surface area is 231 Å². The van der Waals surface area contributed by atoms with E-state index in [-0.39, 0.29) is 5.41 Å². The fraction of sp³-hybridized carbons (Fsp3) is 0.243. The average Bonchev–Trinajstić information content (AvgIpc) is 3.41. The number of rotatable bonds is 2. The standard InChI is InChI=1S/C35H30.2CH3.Ti/c1-23-21-27-17-11-19-29(25-13-7-5-8-14-25)31(27)33(23)35(3,4)34-24(2)22-28-18-12-20-30(32(28)34)26-15-9-6-10-16-26;;;/h5-22H,1-4H3;2*1H3;. The van der Waals surface area contributed by atoms with Crippen molar-refractivity contribution in [3.8, 4) is 22.3 Å². The summed E-state index contributed by atoms with van der Waals surface area (Å²) in [6.45, 7) is 9.98. The molecule has 2 aliphatic carbocycles. The Morgan fingerprint density at radius 3 is 1.32 bits per heavy atom. The van der Waals surface area contributed by atoms with Crippen LogP contribution in [0.25, 0.3) is 33.4 Å². The van der Waals surface area contributed by atoms with Gasteiger partial charge in [0, 0.05) is 0 Å². The van der Waals surface area contributed by atoms with Gasteiger partial charge in [-0.1, -0.05) is 0 Å². The van der Waals surface area contributed by atoms with Crippen molar-refractivity contribution < 1.29 is 16.6 Å². The summed E-state index contributed by atoms with van der Waals surface area (Å²) in [5.41, 5.74) is 18.1. The second-order valence-electron chi connectivity index (χ2n) is 12.7. The van der Waals surface area contributed by atoms with Gasteiger partial charge in [-0.15, -0.1) is 0 Å². The van der Waals surface area contributed by atoms with Crippen molar-refractivity contribution >= 4 is 11.1 Å². The molecule has 0 saturated carbocycles. The van der Waals surface area contributed by atoms with E-state index in [1.165, 1.54) is 33.4 Å². The summed E-state index contributed by atoms with van der Waals surface area (Å²) in [5, 5.41) is 5.43. The molecule has 4 aromatic rings. The van der Waals surface area contributed by atoms with Crippen LogP contribution in [0.2, 0.25) is 10.5 Å². The van der Waals surface area contributed by atoms with Crippen LogP contribution in [-0.4, -0.2) is 0 Å². The zero-order valence-electron chi connectivity index (χ0n) is 23.4. The molecule has 0 amide bonds. The molecule has 0 spiro atoms. The quantitative estimate of drug-likeness (QED) is 0.227. The fourth-order valence-corrected chi connectivity index (χ4v) is 16.6. The van der Waals surface area contributed by atoms with Gasteiger partial charge in [0.1, 0.15) is 0 Å². The summed E-state index contributed by atoms with van der Waals surface area (Å²) in [6.07, 6.45) is 0. The van der Waals surface area contributed by atoms with Crippen LogP contribution in [0.15, 0.2) is 108 Å². The molecule has 4 bridgehead atoms. The molecule has 0 saturated heterocycles. The predicted octanol–water partition coefficient (Wildman–Crippen LogP) is 10.7. The van der Waals surface area contributed by atoms with Crippen molar-refractivity contribution in [3.63, 3.8) is 0 Å². The molecule has 7 rings (SSSR count). The van der Waals surface area contributed by atoms with Gasteiger partial charge in [-0.2, -0.15) is 0 Å². The molecule has 1 heterocycles. The number of hydrogen-bond donors (Lipinski definition) is 0. The first-order valence-corrected chi connectivity index (χ1v) is 19.0. The molecular weight excluding hydrogens is 492 g/mol. The van der Waals surface area contributed by atoms with Crippen LogP contribution < -0.4 is 0 Å². The molecule has 188 valence electrons. The summed E-state index contributed by atoms with van der Waals surface area (Å²) in [6, 6.07) is 36.4. The van der Waals surface area contributed by atoms with Gasteiger partial charge in [-0.25, -0.2) is 0 Å². The van der Waals surface area contributed by atoms with E-state index in [4.69, 9.17) is 0 Å². The Bertz CT molecular complexity index is 1540. The zero-order chi connectivity index (χ0) is 26.4. The normalized spacial score (nSPS) is 22.2. The molecule has 38 heavy (non-hydrogen) atoms. The Hall–Kier alpha value is -2.93. The zero-order valence-corrected chi connectivity index (χ0v) is 25.0. The molecule has 0 nitrogen and oxygen atoms in total. The molecule has 0 aromatic heterocycles. The van der Waals surface area contributed by atoms with Crippen LogP contribution in [0, 0.1) is 5.41 Å². The summed E-state index contributed by atoms with van der Waals surface area (Å²) < 4.78 is 1.13. The molecule has 3 aliphatic rings. The molecule has 2 atom stereocenters. The average molecular weight is 529 g/mol. The first kappa shape index (κ1) is 24.1. The summed E-state index contributed by atoms with van der Waals surface area (Å²) in [5.74, 6) is 0. The van der Waals surface area contributed by atoms with Crippen molar-refractivity contribution in [2.45, 2.75) is 46.6 Å². The van der Waals surface area contributed by atoms with Crippen LogP contribution in [0.5, 0.6) is 0 Å². The third-order valence-electron chi connectivity index (χ3n) is 9.88. The minimum atomic E-state index is -2.58. The first-order valence-electron chi connectivity index (χ1n) is 14.0. The van der Waals surface area contributed by atoms with Gasteiger partial charge in [0.25, 0.3) is 0 Å². The van der Waals surface area contributed by atoms with Gasteiger partial charge in [0.15, 0.2) is 0 Å². The molecule has 0 fully saturated rings. The molecule has 0 radical (unpaired) electrons. The van der Waals surface area contributed by atoms with Crippen LogP contribution in [0.4, 0.5) is 0 Å². The second kappa shape index (κ2) is 8.29. The van der Waals surface area contributed by atoms with Crippen molar-refractivity contribution in [2.24, 2.45) is 5.41 Å². The van der Waals surface area contributed by atoms with Crippen LogP contribution >= 0.6 is 0 Å². The Kier molecular flexibility index (Phi) is 5.26. The van der Waals surface area contributed by atoms with E-state index in [0.717, 1.165) is 0 Å². The predicted molar refractivity (Wildman–Crippen MR) is 160 cm³/mol. The summed E-state index contributed by atoms with van der Waals surface area (Å²) >= 11 is -2.58. The van der Waals surface area contributed by atoms with Gasteiger partial charge in [-0.3, -0.25) is 0 Å². The molecule has 4 aromatic carbocycles. The third-order valence-corrected chi connectivity index (χ3v) is 16.8. The van der Waals surface area contributed by atoms with E-state index >= 15 is 0 Å². The molecule has 1 heteroatoms. The molecule has 0 N–H and O–H groups in total. The first-order chi connectivity index (χ1) is 18.2. The Morgan fingerprint density at radius 1 is 0.526 bits per heavy atom. The van der Waals surface area contributed by atoms with E-state index < -0.39 is 16.6 Å². The monoisotopic (exact) mass is 528 g/mol. The minimum absolute atomic E-state index is 0.102. The van der Waals surface area contributed by atoms with Crippen molar-refractivity contribution in [2.75, 3.05) is 0 Å². The summed E-state index contributed by atoms with van der Waals surface area (Å²) in [4.78, 5) is 0. The maximum absolute atomic E-state index is 2.71. The van der Waals surface area contributed by atoms with Crippen molar-refractivity contribution in [1.29, 1.82) is 0 Å². The van der Waals surface area contributed by atoms with E-state index in [2.05, 4.69) is 135 Å². The molecule has 1 aliphatic heterocycles. The number of fused-ring (bicyclic) bond motifs is 8. The van der Waals surface area contributed by atoms with Gasteiger partial charge < -0.3 is 0 Å². The van der Waals surface area contributed by atoms with E-state index in [1.54, 1.807) is 33.4 Å². The number of benzene rings is 4. The topological polar surface area (TPSA) is 0 Å². The van der Waals surface area contributed by atoms with Crippen LogP contribution in [0.1, 0.15) is 58.4 Å². The van der Waals surface area contributed by atoms with E-state index in [1.807, 2.05) is 0 Å². The van der Waals surface area contributed by atoms with Crippen molar-refractivity contribution in [1.82, 2.24) is 0 Å². The van der Waals surface area contributed by atoms with Crippen LogP contribution in [-0.2, 0) is 16.6 Å². The Balaban J connectivity index is 1.57. The van der Waals surface area contributed by atoms with Crippen molar-refractivity contribution in [3.05, 3.63) is 130 Å². The van der Waals surface area contributed by atoms with Gasteiger partial charge >= 0.3 is 232 Å². The van der Waals surface area contributed by atoms with Crippen LogP contribution in [0.3, 0.4) is 0 Å². The maximum atomic E-state index is 2.71. The van der Waals surface area contributed by atoms with Gasteiger partial charge in [-0.05, 0) is 0 Å². The molecular formula is C37H36Ti.